The first-order valence-corrected chi connectivity index (χ1v) is 9.80. The van der Waals surface area contributed by atoms with Gasteiger partial charge in [-0.1, -0.05) is 23.9 Å². The first-order chi connectivity index (χ1) is 14.0. The average molecular weight is 409 g/mol. The summed E-state index contributed by atoms with van der Waals surface area (Å²) in [7, 11) is 3.57. The standard InChI is InChI=1S/C20H19N5O3S/c1-25-7-6-16-15(4-3-5-17(16)25)12-8-13(10-14(9-12)24-28-2)19-21-20(23-22-19)29-11-18(26)27/h3-10,24H,11H2,1-2H3,(H,26,27)(H,21,22,23). The maximum absolute atomic E-state index is 10.8. The number of carboxylic acids is 1. The summed E-state index contributed by atoms with van der Waals surface area (Å²) < 4.78 is 2.08. The van der Waals surface area contributed by atoms with E-state index in [1.54, 1.807) is 7.11 Å². The maximum atomic E-state index is 10.8. The summed E-state index contributed by atoms with van der Waals surface area (Å²) in [5.41, 5.74) is 7.68. The Morgan fingerprint density at radius 2 is 2.07 bits per heavy atom. The SMILES string of the molecule is CONc1cc(-c2nnc(SCC(=O)O)[nH]2)cc(-c2cccc3c2ccn3C)c1. The summed E-state index contributed by atoms with van der Waals surface area (Å²) in [6.45, 7) is 0. The van der Waals surface area contributed by atoms with Crippen molar-refractivity contribution in [3.8, 4) is 22.5 Å². The number of H-pyrrole nitrogens is 1. The zero-order valence-electron chi connectivity index (χ0n) is 15.8. The van der Waals surface area contributed by atoms with Gasteiger partial charge in [0, 0.05) is 29.7 Å². The molecule has 0 fully saturated rings. The van der Waals surface area contributed by atoms with Gasteiger partial charge in [-0.3, -0.25) is 15.1 Å². The minimum absolute atomic E-state index is 0.0822. The van der Waals surface area contributed by atoms with Gasteiger partial charge in [0.15, 0.2) is 11.0 Å². The number of rotatable bonds is 7. The molecule has 8 nitrogen and oxygen atoms in total. The third-order valence-electron chi connectivity index (χ3n) is 4.46. The molecule has 2 heterocycles. The van der Waals surface area contributed by atoms with Gasteiger partial charge in [-0.2, -0.15) is 0 Å². The van der Waals surface area contributed by atoms with Gasteiger partial charge in [-0.15, -0.1) is 10.2 Å². The molecular formula is C20H19N5O3S. The van der Waals surface area contributed by atoms with Crippen LogP contribution >= 0.6 is 11.8 Å². The van der Waals surface area contributed by atoms with Gasteiger partial charge in [0.05, 0.1) is 18.6 Å². The molecule has 0 spiro atoms. The van der Waals surface area contributed by atoms with Gasteiger partial charge in [0.2, 0.25) is 0 Å². The van der Waals surface area contributed by atoms with Gasteiger partial charge in [-0.25, -0.2) is 0 Å². The highest BCUT2D eigenvalue weighted by atomic mass is 32.2. The number of carbonyl (C=O) groups is 1. The molecule has 0 bridgehead atoms. The van der Waals surface area contributed by atoms with Crippen molar-refractivity contribution in [2.24, 2.45) is 7.05 Å². The predicted molar refractivity (Wildman–Crippen MR) is 113 cm³/mol. The van der Waals surface area contributed by atoms with Crippen LogP contribution in [0, 0.1) is 0 Å². The van der Waals surface area contributed by atoms with E-state index in [0.717, 1.165) is 45.0 Å². The molecule has 2 aromatic carbocycles. The Labute approximate surface area is 170 Å². The number of thioether (sulfide) groups is 1. The lowest BCUT2D eigenvalue weighted by molar-refractivity contribution is -0.133. The molecule has 0 amide bonds. The van der Waals surface area contributed by atoms with Gasteiger partial charge in [0.1, 0.15) is 0 Å². The Kier molecular flexibility index (Phi) is 5.24. The fraction of sp³-hybridized carbons (Fsp3) is 0.150. The smallest absolute Gasteiger partial charge is 0.313 e. The number of hydrogen-bond donors (Lipinski definition) is 3. The minimum atomic E-state index is -0.905. The number of benzene rings is 2. The highest BCUT2D eigenvalue weighted by Gasteiger charge is 2.13. The first-order valence-electron chi connectivity index (χ1n) is 8.81. The molecule has 0 atom stereocenters. The Bertz CT molecular complexity index is 1180. The van der Waals surface area contributed by atoms with E-state index >= 15 is 0 Å². The van der Waals surface area contributed by atoms with Crippen LogP contribution < -0.4 is 5.48 Å². The summed E-state index contributed by atoms with van der Waals surface area (Å²) in [4.78, 5) is 19.0. The third-order valence-corrected chi connectivity index (χ3v) is 5.31. The first kappa shape index (κ1) is 19.0. The van der Waals surface area contributed by atoms with Crippen LogP contribution in [-0.4, -0.2) is 43.7 Å². The molecule has 0 aliphatic heterocycles. The maximum Gasteiger partial charge on any atom is 0.313 e. The summed E-state index contributed by atoms with van der Waals surface area (Å²) in [5, 5.41) is 18.6. The van der Waals surface area contributed by atoms with Crippen molar-refractivity contribution >= 4 is 34.3 Å². The lowest BCUT2D eigenvalue weighted by atomic mass is 9.99. The third kappa shape index (κ3) is 3.96. The Morgan fingerprint density at radius 1 is 1.24 bits per heavy atom. The number of hydrogen-bond acceptors (Lipinski definition) is 6. The topological polar surface area (TPSA) is 105 Å². The van der Waals surface area contributed by atoms with Crippen molar-refractivity contribution in [2.45, 2.75) is 5.16 Å². The molecule has 9 heteroatoms. The normalized spacial score (nSPS) is 11.1. The molecule has 148 valence electrons. The lowest BCUT2D eigenvalue weighted by Crippen LogP contribution is -1.98. The predicted octanol–water partition coefficient (Wildman–Crippen LogP) is 3.78. The van der Waals surface area contributed by atoms with Crippen LogP contribution in [0.2, 0.25) is 0 Å². The number of carboxylic acid groups (broad SMARTS) is 1. The average Bonchev–Trinajstić information content (AvgIpc) is 3.33. The largest absolute Gasteiger partial charge is 0.481 e. The molecule has 4 rings (SSSR count). The number of aryl methyl sites for hydroxylation is 1. The summed E-state index contributed by atoms with van der Waals surface area (Å²) in [6, 6.07) is 14.2. The van der Waals surface area contributed by atoms with Crippen molar-refractivity contribution in [1.29, 1.82) is 0 Å². The lowest BCUT2D eigenvalue weighted by Gasteiger charge is -2.11. The zero-order valence-corrected chi connectivity index (χ0v) is 16.7. The molecular weight excluding hydrogens is 390 g/mol. The summed E-state index contributed by atoms with van der Waals surface area (Å²) in [6.07, 6.45) is 2.04. The van der Waals surface area contributed by atoms with E-state index in [2.05, 4.69) is 43.4 Å². The van der Waals surface area contributed by atoms with E-state index < -0.39 is 5.97 Å². The molecule has 0 radical (unpaired) electrons. The Balaban J connectivity index is 1.78. The van der Waals surface area contributed by atoms with E-state index in [9.17, 15) is 4.79 Å². The number of nitrogens with one attached hydrogen (secondary N) is 2. The summed E-state index contributed by atoms with van der Waals surface area (Å²) >= 11 is 1.09. The highest BCUT2D eigenvalue weighted by Crippen LogP contribution is 2.34. The van der Waals surface area contributed by atoms with Crippen LogP contribution in [-0.2, 0) is 16.7 Å². The van der Waals surface area contributed by atoms with E-state index in [4.69, 9.17) is 9.94 Å². The molecule has 0 unspecified atom stereocenters. The van der Waals surface area contributed by atoms with Crippen molar-refractivity contribution in [1.82, 2.24) is 19.7 Å². The molecule has 0 saturated carbocycles. The number of aromatic amines is 1. The van der Waals surface area contributed by atoms with E-state index in [0.29, 0.717) is 11.0 Å². The minimum Gasteiger partial charge on any atom is -0.481 e. The molecule has 3 N–H and O–H groups in total. The molecule has 0 aliphatic rings. The fourth-order valence-corrected chi connectivity index (χ4v) is 3.75. The number of nitrogens with zero attached hydrogens (tertiary/aromatic N) is 3. The second-order valence-electron chi connectivity index (χ2n) is 6.43. The van der Waals surface area contributed by atoms with Crippen LogP contribution in [0.1, 0.15) is 0 Å². The molecule has 2 aromatic heterocycles. The number of aliphatic carboxylic acids is 1. The van der Waals surface area contributed by atoms with Gasteiger partial charge in [-0.05, 0) is 41.5 Å². The van der Waals surface area contributed by atoms with E-state index in [-0.39, 0.29) is 5.75 Å². The van der Waals surface area contributed by atoms with Crippen molar-refractivity contribution in [3.05, 3.63) is 48.7 Å². The van der Waals surface area contributed by atoms with Crippen molar-refractivity contribution in [3.63, 3.8) is 0 Å². The van der Waals surface area contributed by atoms with E-state index in [1.807, 2.05) is 37.5 Å². The second kappa shape index (κ2) is 7.98. The monoisotopic (exact) mass is 409 g/mol. The van der Waals surface area contributed by atoms with Crippen molar-refractivity contribution < 1.29 is 14.7 Å². The van der Waals surface area contributed by atoms with Gasteiger partial charge < -0.3 is 14.7 Å². The van der Waals surface area contributed by atoms with Crippen LogP contribution in [0.5, 0.6) is 0 Å². The molecule has 0 aliphatic carbocycles. The highest BCUT2D eigenvalue weighted by molar-refractivity contribution is 7.99. The van der Waals surface area contributed by atoms with Crippen LogP contribution in [0.4, 0.5) is 5.69 Å². The van der Waals surface area contributed by atoms with Gasteiger partial charge >= 0.3 is 5.97 Å². The fourth-order valence-electron chi connectivity index (χ4n) is 3.22. The van der Waals surface area contributed by atoms with Crippen LogP contribution in [0.15, 0.2) is 53.8 Å². The van der Waals surface area contributed by atoms with Crippen molar-refractivity contribution in [2.75, 3.05) is 18.3 Å². The Morgan fingerprint density at radius 3 is 2.86 bits per heavy atom. The van der Waals surface area contributed by atoms with Gasteiger partial charge in [0.25, 0.3) is 0 Å². The van der Waals surface area contributed by atoms with E-state index in [1.165, 1.54) is 0 Å². The number of aromatic nitrogens is 4. The quantitative estimate of drug-likeness (QED) is 0.315. The Hall–Kier alpha value is -3.30. The number of fused-ring (bicyclic) bond motifs is 1. The molecule has 0 saturated heterocycles. The number of anilines is 1. The summed E-state index contributed by atoms with van der Waals surface area (Å²) in [5.74, 6) is -0.433. The molecule has 29 heavy (non-hydrogen) atoms. The zero-order chi connectivity index (χ0) is 20.4. The second-order valence-corrected chi connectivity index (χ2v) is 7.40. The van der Waals surface area contributed by atoms with Crippen LogP contribution in [0.25, 0.3) is 33.4 Å². The van der Waals surface area contributed by atoms with Crippen LogP contribution in [0.3, 0.4) is 0 Å². The molecule has 4 aromatic rings.